The molecule has 0 aliphatic carbocycles. The second-order valence-electron chi connectivity index (χ2n) is 6.20. The molecule has 0 aliphatic rings. The highest BCUT2D eigenvalue weighted by molar-refractivity contribution is 5.93. The fourth-order valence-corrected chi connectivity index (χ4v) is 2.14. The van der Waals surface area contributed by atoms with Crippen LogP contribution in [0.4, 0.5) is 0 Å². The quantitative estimate of drug-likeness (QED) is 0.231. The molecule has 4 atom stereocenters. The zero-order valence-electron chi connectivity index (χ0n) is 15.7. The molecule has 4 unspecified atom stereocenters. The van der Waals surface area contributed by atoms with Crippen molar-refractivity contribution in [2.75, 3.05) is 6.54 Å². The molecule has 27 heavy (non-hydrogen) atoms. The first-order chi connectivity index (χ1) is 12.5. The van der Waals surface area contributed by atoms with Gasteiger partial charge in [-0.15, -0.1) is 0 Å². The van der Waals surface area contributed by atoms with Gasteiger partial charge in [0.2, 0.25) is 17.7 Å². The Balaban J connectivity index is 5.18. The molecule has 3 amide bonds. The molecule has 0 aromatic rings. The minimum Gasteiger partial charge on any atom is -0.481 e. The van der Waals surface area contributed by atoms with Crippen LogP contribution in [0.3, 0.4) is 0 Å². The first kappa shape index (κ1) is 24.3. The van der Waals surface area contributed by atoms with Crippen LogP contribution < -0.4 is 21.7 Å². The number of nitrogens with two attached hydrogens (primary N) is 1. The average Bonchev–Trinajstić information content (AvgIpc) is 2.61. The lowest BCUT2D eigenvalue weighted by Gasteiger charge is -2.25. The lowest BCUT2D eigenvalue weighted by atomic mass is 9.98. The van der Waals surface area contributed by atoms with Crippen LogP contribution in [0.1, 0.15) is 40.0 Å². The van der Waals surface area contributed by atoms with E-state index in [0.29, 0.717) is 6.42 Å². The molecule has 0 aromatic heterocycles. The number of rotatable bonds is 12. The van der Waals surface area contributed by atoms with Crippen LogP contribution in [0.15, 0.2) is 0 Å². The first-order valence-electron chi connectivity index (χ1n) is 8.58. The van der Waals surface area contributed by atoms with Gasteiger partial charge >= 0.3 is 11.9 Å². The zero-order chi connectivity index (χ0) is 21.1. The Labute approximate surface area is 157 Å². The second-order valence-corrected chi connectivity index (χ2v) is 6.20. The van der Waals surface area contributed by atoms with Gasteiger partial charge in [-0.05, 0) is 19.3 Å². The SMILES string of the molecule is CCC(C)C(NC(=O)C(CCC(=O)O)NC(=O)C(C)NC(=O)CN)C(=O)O. The average molecular weight is 388 g/mol. The Morgan fingerprint density at radius 2 is 1.56 bits per heavy atom. The largest absolute Gasteiger partial charge is 0.481 e. The minimum atomic E-state index is -1.27. The maximum absolute atomic E-state index is 12.4. The van der Waals surface area contributed by atoms with Crippen molar-refractivity contribution >= 4 is 29.7 Å². The summed E-state index contributed by atoms with van der Waals surface area (Å²) in [5, 5.41) is 25.1. The van der Waals surface area contributed by atoms with Crippen molar-refractivity contribution in [2.24, 2.45) is 11.7 Å². The molecule has 11 nitrogen and oxygen atoms in total. The second kappa shape index (κ2) is 11.8. The molecule has 0 fully saturated rings. The summed E-state index contributed by atoms with van der Waals surface area (Å²) in [7, 11) is 0. The molecular weight excluding hydrogens is 360 g/mol. The van der Waals surface area contributed by atoms with Gasteiger partial charge in [0, 0.05) is 6.42 Å². The predicted molar refractivity (Wildman–Crippen MR) is 94.5 cm³/mol. The zero-order valence-corrected chi connectivity index (χ0v) is 15.7. The van der Waals surface area contributed by atoms with Gasteiger partial charge in [0.1, 0.15) is 18.1 Å². The van der Waals surface area contributed by atoms with Crippen molar-refractivity contribution in [1.82, 2.24) is 16.0 Å². The summed E-state index contributed by atoms with van der Waals surface area (Å²) in [6.45, 7) is 4.45. The number of carboxylic acid groups (broad SMARTS) is 2. The Morgan fingerprint density at radius 3 is 2.00 bits per heavy atom. The number of hydrogen-bond acceptors (Lipinski definition) is 6. The van der Waals surface area contributed by atoms with Crippen LogP contribution in [-0.4, -0.2) is 64.5 Å². The number of carbonyl (C=O) groups is 5. The molecular formula is C16H28N4O7. The van der Waals surface area contributed by atoms with Crippen LogP contribution in [0.25, 0.3) is 0 Å². The van der Waals surface area contributed by atoms with E-state index in [-0.39, 0.29) is 18.9 Å². The van der Waals surface area contributed by atoms with Gasteiger partial charge in [0.05, 0.1) is 6.54 Å². The monoisotopic (exact) mass is 388 g/mol. The minimum absolute atomic E-state index is 0.239. The van der Waals surface area contributed by atoms with Crippen molar-refractivity contribution in [1.29, 1.82) is 0 Å². The third-order valence-corrected chi connectivity index (χ3v) is 4.01. The van der Waals surface area contributed by atoms with E-state index < -0.39 is 54.2 Å². The summed E-state index contributed by atoms with van der Waals surface area (Å²) in [4.78, 5) is 58.0. The number of carbonyl (C=O) groups excluding carboxylic acids is 3. The summed E-state index contributed by atoms with van der Waals surface area (Å²) in [5.41, 5.74) is 5.15. The maximum atomic E-state index is 12.4. The van der Waals surface area contributed by atoms with Crippen molar-refractivity contribution in [3.63, 3.8) is 0 Å². The van der Waals surface area contributed by atoms with E-state index in [1.807, 2.05) is 0 Å². The van der Waals surface area contributed by atoms with Gasteiger partial charge in [-0.1, -0.05) is 20.3 Å². The van der Waals surface area contributed by atoms with E-state index in [1.54, 1.807) is 13.8 Å². The molecule has 0 saturated heterocycles. The molecule has 0 bridgehead atoms. The summed E-state index contributed by atoms with van der Waals surface area (Å²) >= 11 is 0. The van der Waals surface area contributed by atoms with Crippen LogP contribution in [-0.2, 0) is 24.0 Å². The molecule has 0 aromatic carbocycles. The summed E-state index contributed by atoms with van der Waals surface area (Å²) in [5.74, 6) is -4.89. The highest BCUT2D eigenvalue weighted by Crippen LogP contribution is 2.09. The molecule has 0 radical (unpaired) electrons. The van der Waals surface area contributed by atoms with E-state index in [4.69, 9.17) is 10.8 Å². The van der Waals surface area contributed by atoms with E-state index in [2.05, 4.69) is 16.0 Å². The molecule has 7 N–H and O–H groups in total. The van der Waals surface area contributed by atoms with E-state index in [0.717, 1.165) is 0 Å². The summed E-state index contributed by atoms with van der Waals surface area (Å²) in [6.07, 6.45) is -0.161. The van der Waals surface area contributed by atoms with Gasteiger partial charge in [-0.2, -0.15) is 0 Å². The van der Waals surface area contributed by atoms with Crippen molar-refractivity contribution in [2.45, 2.75) is 58.2 Å². The van der Waals surface area contributed by atoms with Gasteiger partial charge in [-0.25, -0.2) is 4.79 Å². The highest BCUT2D eigenvalue weighted by Gasteiger charge is 2.30. The van der Waals surface area contributed by atoms with E-state index in [9.17, 15) is 29.1 Å². The molecule has 0 aliphatic heterocycles. The third-order valence-electron chi connectivity index (χ3n) is 4.01. The molecule has 0 saturated carbocycles. The molecule has 0 spiro atoms. The fraction of sp³-hybridized carbons (Fsp3) is 0.688. The van der Waals surface area contributed by atoms with Crippen molar-refractivity contribution in [3.8, 4) is 0 Å². The van der Waals surface area contributed by atoms with Gasteiger partial charge < -0.3 is 31.9 Å². The van der Waals surface area contributed by atoms with Crippen LogP contribution in [0, 0.1) is 5.92 Å². The summed E-state index contributed by atoms with van der Waals surface area (Å²) in [6, 6.07) is -3.45. The molecule has 11 heteroatoms. The van der Waals surface area contributed by atoms with Crippen molar-refractivity contribution < 1.29 is 34.2 Å². The van der Waals surface area contributed by atoms with Crippen LogP contribution in [0.5, 0.6) is 0 Å². The number of aliphatic carboxylic acids is 2. The van der Waals surface area contributed by atoms with E-state index in [1.165, 1.54) is 6.92 Å². The van der Waals surface area contributed by atoms with Crippen molar-refractivity contribution in [3.05, 3.63) is 0 Å². The molecule has 0 heterocycles. The molecule has 154 valence electrons. The Morgan fingerprint density at radius 1 is 0.963 bits per heavy atom. The lowest BCUT2D eigenvalue weighted by molar-refractivity contribution is -0.144. The number of amides is 3. The van der Waals surface area contributed by atoms with Gasteiger partial charge in [-0.3, -0.25) is 19.2 Å². The van der Waals surface area contributed by atoms with Gasteiger partial charge in [0.25, 0.3) is 0 Å². The van der Waals surface area contributed by atoms with Crippen LogP contribution >= 0.6 is 0 Å². The van der Waals surface area contributed by atoms with Crippen LogP contribution in [0.2, 0.25) is 0 Å². The Kier molecular flexibility index (Phi) is 10.7. The Bertz CT molecular complexity index is 567. The van der Waals surface area contributed by atoms with Gasteiger partial charge in [0.15, 0.2) is 0 Å². The number of nitrogens with one attached hydrogen (secondary N) is 3. The smallest absolute Gasteiger partial charge is 0.326 e. The Hall–Kier alpha value is -2.69. The topological polar surface area (TPSA) is 188 Å². The van der Waals surface area contributed by atoms with E-state index >= 15 is 0 Å². The lowest BCUT2D eigenvalue weighted by Crippen LogP contribution is -2.56. The maximum Gasteiger partial charge on any atom is 0.326 e. The highest BCUT2D eigenvalue weighted by atomic mass is 16.4. The normalized spacial score (nSPS) is 15.0. The third kappa shape index (κ3) is 8.99. The number of hydrogen-bond donors (Lipinski definition) is 6. The molecule has 0 rings (SSSR count). The number of carboxylic acids is 2. The summed E-state index contributed by atoms with van der Waals surface area (Å²) < 4.78 is 0. The predicted octanol–water partition coefficient (Wildman–Crippen LogP) is -1.59. The fourth-order valence-electron chi connectivity index (χ4n) is 2.14. The standard InChI is InChI=1S/C16H28N4O7/c1-4-8(2)13(16(26)27)20-15(25)10(5-6-12(22)23)19-14(24)9(3)18-11(21)7-17/h8-10,13H,4-7,17H2,1-3H3,(H,18,21)(H,19,24)(H,20,25)(H,22,23)(H,26,27). The first-order valence-corrected chi connectivity index (χ1v) is 8.58.